The first-order valence-corrected chi connectivity index (χ1v) is 6.41. The molecule has 0 bridgehead atoms. The van der Waals surface area contributed by atoms with Gasteiger partial charge in [-0.25, -0.2) is 0 Å². The molecule has 0 saturated carbocycles. The molecule has 0 atom stereocenters. The molecular weight excluding hydrogens is 230 g/mol. The van der Waals surface area contributed by atoms with Gasteiger partial charge in [0.2, 0.25) is 11.7 Å². The van der Waals surface area contributed by atoms with E-state index in [1.807, 2.05) is 6.07 Å². The molecule has 2 aromatic heterocycles. The maximum absolute atomic E-state index is 5.49. The highest BCUT2D eigenvalue weighted by atomic mass is 16.5. The van der Waals surface area contributed by atoms with Crippen molar-refractivity contribution in [3.63, 3.8) is 0 Å². The molecule has 0 unspecified atom stereocenters. The van der Waals surface area contributed by atoms with Gasteiger partial charge in [-0.15, -0.1) is 0 Å². The van der Waals surface area contributed by atoms with E-state index in [0.29, 0.717) is 5.82 Å². The van der Waals surface area contributed by atoms with Gasteiger partial charge in [-0.1, -0.05) is 12.1 Å². The lowest BCUT2D eigenvalue weighted by molar-refractivity contribution is 0.216. The quantitative estimate of drug-likeness (QED) is 0.902. The molecule has 5 heteroatoms. The summed E-state index contributed by atoms with van der Waals surface area (Å²) in [6, 6.07) is 1.84. The first kappa shape index (κ1) is 11.5. The van der Waals surface area contributed by atoms with Gasteiger partial charge in [-0.3, -0.25) is 0 Å². The predicted molar refractivity (Wildman–Crippen MR) is 66.1 cm³/mol. The van der Waals surface area contributed by atoms with Gasteiger partial charge < -0.3 is 14.3 Å². The van der Waals surface area contributed by atoms with E-state index in [4.69, 9.17) is 8.94 Å². The van der Waals surface area contributed by atoms with Crippen LogP contribution in [0.25, 0.3) is 11.4 Å². The highest BCUT2D eigenvalue weighted by molar-refractivity contribution is 5.51. The highest BCUT2D eigenvalue weighted by Crippen LogP contribution is 2.36. The summed E-state index contributed by atoms with van der Waals surface area (Å²) in [5.74, 6) is 1.38. The maximum atomic E-state index is 5.49. The van der Waals surface area contributed by atoms with E-state index in [1.165, 1.54) is 0 Å². The van der Waals surface area contributed by atoms with Crippen molar-refractivity contribution in [2.24, 2.45) is 0 Å². The summed E-state index contributed by atoms with van der Waals surface area (Å²) in [5, 5.41) is 7.43. The van der Waals surface area contributed by atoms with E-state index >= 15 is 0 Å². The third-order valence-corrected chi connectivity index (χ3v) is 3.90. The van der Waals surface area contributed by atoms with Crippen LogP contribution in [0.5, 0.6) is 0 Å². The standard InChI is InChI=1S/C13H17N3O2/c1-2-13(4-6-14-7-5-13)12-15-11(16-18-12)10-3-8-17-9-10/h3,8-9,14H,2,4-7H2,1H3. The summed E-state index contributed by atoms with van der Waals surface area (Å²) in [5.41, 5.74) is 0.908. The summed E-state index contributed by atoms with van der Waals surface area (Å²) in [6.07, 6.45) is 6.38. The molecule has 5 nitrogen and oxygen atoms in total. The summed E-state index contributed by atoms with van der Waals surface area (Å²) >= 11 is 0. The normalized spacial score (nSPS) is 18.9. The van der Waals surface area contributed by atoms with Crippen LogP contribution in [0, 0.1) is 0 Å². The fourth-order valence-corrected chi connectivity index (χ4v) is 2.57. The average molecular weight is 247 g/mol. The second-order valence-corrected chi connectivity index (χ2v) is 4.82. The van der Waals surface area contributed by atoms with Crippen molar-refractivity contribution in [2.75, 3.05) is 13.1 Å². The first-order chi connectivity index (χ1) is 8.84. The zero-order valence-electron chi connectivity index (χ0n) is 10.5. The van der Waals surface area contributed by atoms with E-state index in [2.05, 4.69) is 22.4 Å². The predicted octanol–water partition coefficient (Wildman–Crippen LogP) is 2.36. The van der Waals surface area contributed by atoms with Crippen molar-refractivity contribution in [1.82, 2.24) is 15.5 Å². The molecule has 1 N–H and O–H groups in total. The van der Waals surface area contributed by atoms with Gasteiger partial charge in [0.05, 0.1) is 17.2 Å². The van der Waals surface area contributed by atoms with E-state index in [9.17, 15) is 0 Å². The number of furan rings is 1. The number of piperidine rings is 1. The number of nitrogens with one attached hydrogen (secondary N) is 1. The maximum Gasteiger partial charge on any atom is 0.233 e. The lowest BCUT2D eigenvalue weighted by Crippen LogP contribution is -2.39. The third kappa shape index (κ3) is 1.84. The summed E-state index contributed by atoms with van der Waals surface area (Å²) in [7, 11) is 0. The smallest absolute Gasteiger partial charge is 0.233 e. The van der Waals surface area contributed by atoms with Crippen LogP contribution in [-0.2, 0) is 5.41 Å². The zero-order valence-corrected chi connectivity index (χ0v) is 10.5. The van der Waals surface area contributed by atoms with Crippen molar-refractivity contribution >= 4 is 0 Å². The van der Waals surface area contributed by atoms with Crippen LogP contribution in [0.1, 0.15) is 32.1 Å². The van der Waals surface area contributed by atoms with Crippen LogP contribution in [0.2, 0.25) is 0 Å². The lowest BCUT2D eigenvalue weighted by Gasteiger charge is -2.33. The molecular formula is C13H17N3O2. The van der Waals surface area contributed by atoms with Crippen molar-refractivity contribution in [3.8, 4) is 11.4 Å². The largest absolute Gasteiger partial charge is 0.472 e. The van der Waals surface area contributed by atoms with Crippen LogP contribution >= 0.6 is 0 Å². The minimum atomic E-state index is 0.0419. The Morgan fingerprint density at radius 3 is 2.89 bits per heavy atom. The topological polar surface area (TPSA) is 64.1 Å². The number of aromatic nitrogens is 2. The Labute approximate surface area is 106 Å². The van der Waals surface area contributed by atoms with Crippen LogP contribution < -0.4 is 5.32 Å². The van der Waals surface area contributed by atoms with E-state index in [0.717, 1.165) is 43.8 Å². The molecule has 3 heterocycles. The van der Waals surface area contributed by atoms with Gasteiger partial charge in [0.25, 0.3) is 0 Å². The Balaban J connectivity index is 1.92. The first-order valence-electron chi connectivity index (χ1n) is 6.41. The van der Waals surface area contributed by atoms with Gasteiger partial charge in [0, 0.05) is 0 Å². The fraction of sp³-hybridized carbons (Fsp3) is 0.538. The average Bonchev–Trinajstić information content (AvgIpc) is 3.10. The summed E-state index contributed by atoms with van der Waals surface area (Å²) < 4.78 is 10.5. The molecule has 3 rings (SSSR count). The van der Waals surface area contributed by atoms with Gasteiger partial charge >= 0.3 is 0 Å². The van der Waals surface area contributed by atoms with Crippen molar-refractivity contribution < 1.29 is 8.94 Å². The van der Waals surface area contributed by atoms with Crippen LogP contribution in [0.15, 0.2) is 27.5 Å². The molecule has 0 aliphatic carbocycles. The number of hydrogen-bond acceptors (Lipinski definition) is 5. The Morgan fingerprint density at radius 2 is 2.22 bits per heavy atom. The molecule has 1 aliphatic heterocycles. The van der Waals surface area contributed by atoms with E-state index in [1.54, 1.807) is 12.5 Å². The molecule has 0 radical (unpaired) electrons. The van der Waals surface area contributed by atoms with Crippen molar-refractivity contribution in [3.05, 3.63) is 24.5 Å². The second-order valence-electron chi connectivity index (χ2n) is 4.82. The zero-order chi connectivity index (χ0) is 12.4. The summed E-state index contributed by atoms with van der Waals surface area (Å²) in [4.78, 5) is 4.55. The highest BCUT2D eigenvalue weighted by Gasteiger charge is 2.37. The second kappa shape index (κ2) is 4.57. The molecule has 0 aromatic carbocycles. The minimum Gasteiger partial charge on any atom is -0.472 e. The molecule has 2 aromatic rings. The molecule has 96 valence electrons. The van der Waals surface area contributed by atoms with E-state index in [-0.39, 0.29) is 5.41 Å². The number of rotatable bonds is 3. The van der Waals surface area contributed by atoms with Crippen LogP contribution in [-0.4, -0.2) is 23.2 Å². The molecule has 1 aliphatic rings. The van der Waals surface area contributed by atoms with Crippen LogP contribution in [0.3, 0.4) is 0 Å². The van der Waals surface area contributed by atoms with Gasteiger partial charge in [0.1, 0.15) is 6.26 Å². The van der Waals surface area contributed by atoms with Gasteiger partial charge in [0.15, 0.2) is 0 Å². The minimum absolute atomic E-state index is 0.0419. The SMILES string of the molecule is CCC1(c2nc(-c3ccoc3)no2)CCNCC1. The summed E-state index contributed by atoms with van der Waals surface area (Å²) in [6.45, 7) is 4.21. The molecule has 1 fully saturated rings. The third-order valence-electron chi connectivity index (χ3n) is 3.90. The van der Waals surface area contributed by atoms with Crippen molar-refractivity contribution in [1.29, 1.82) is 0 Å². The lowest BCUT2D eigenvalue weighted by atomic mass is 9.76. The number of hydrogen-bond donors (Lipinski definition) is 1. The Hall–Kier alpha value is -1.62. The van der Waals surface area contributed by atoms with Crippen LogP contribution in [0.4, 0.5) is 0 Å². The molecule has 0 amide bonds. The fourth-order valence-electron chi connectivity index (χ4n) is 2.57. The van der Waals surface area contributed by atoms with E-state index < -0.39 is 0 Å². The van der Waals surface area contributed by atoms with Gasteiger partial charge in [-0.05, 0) is 38.4 Å². The number of nitrogens with zero attached hydrogens (tertiary/aromatic N) is 2. The molecule has 0 spiro atoms. The Kier molecular flexibility index (Phi) is 2.91. The van der Waals surface area contributed by atoms with Gasteiger partial charge in [-0.2, -0.15) is 4.98 Å². The molecule has 18 heavy (non-hydrogen) atoms. The van der Waals surface area contributed by atoms with Crippen molar-refractivity contribution in [2.45, 2.75) is 31.6 Å². The monoisotopic (exact) mass is 247 g/mol. The molecule has 1 saturated heterocycles. The Morgan fingerprint density at radius 1 is 1.39 bits per heavy atom. The Bertz CT molecular complexity index is 498.